The molecule has 58 heavy (non-hydrogen) atoms. The molecule has 4 N–H and O–H groups in total. The van der Waals surface area contributed by atoms with Crippen LogP contribution in [0.15, 0.2) is 47.0 Å². The van der Waals surface area contributed by atoms with E-state index in [1.165, 1.54) is 12.0 Å². The minimum absolute atomic E-state index is 0. The summed E-state index contributed by atoms with van der Waals surface area (Å²) in [6.45, 7) is 6.50. The third-order valence-corrected chi connectivity index (χ3v) is 6.38. The molecule has 0 radical (unpaired) electrons. The number of hydrazine groups is 1. The van der Waals surface area contributed by atoms with Crippen LogP contribution in [0.5, 0.6) is 5.88 Å². The number of carbonyl (C=O) groups is 1. The summed E-state index contributed by atoms with van der Waals surface area (Å²) < 4.78 is 7.90. The maximum atomic E-state index is 12.5. The van der Waals surface area contributed by atoms with E-state index in [9.17, 15) is 14.9 Å². The molecule has 0 atom stereocenters. The van der Waals surface area contributed by atoms with Gasteiger partial charge in [-0.15, -0.1) is 12.8 Å². The lowest BCUT2D eigenvalue weighted by molar-refractivity contribution is -0.546. The number of ether oxygens (including phenoxy) is 1. The van der Waals surface area contributed by atoms with Gasteiger partial charge in [-0.2, -0.15) is 4.98 Å². The molecule has 14 heteroatoms. The predicted octanol–water partition coefficient (Wildman–Crippen LogP) is 6.75. The van der Waals surface area contributed by atoms with Gasteiger partial charge in [-0.3, -0.25) is 25.5 Å². The van der Waals surface area contributed by atoms with E-state index in [0.717, 1.165) is 29.7 Å². The van der Waals surface area contributed by atoms with Crippen LogP contribution in [-0.2, 0) is 11.4 Å². The Kier molecular flexibility index (Phi) is 20.6. The van der Waals surface area contributed by atoms with Gasteiger partial charge in [0.1, 0.15) is 12.1 Å². The Morgan fingerprint density at radius 2 is 1.43 bits per heavy atom. The van der Waals surface area contributed by atoms with Gasteiger partial charge in [0, 0.05) is 71.1 Å². The number of fused-ring (bicyclic) bond motifs is 1. The van der Waals surface area contributed by atoms with Crippen molar-refractivity contribution in [3.63, 3.8) is 0 Å². The number of hydrogen-bond donors (Lipinski definition) is 3. The fraction of sp³-hybridized carbons (Fsp3) is 0.227. The molecule has 3 aromatic rings. The largest absolute Gasteiger partial charge is 0.471 e. The molecule has 0 aliphatic heterocycles. The average Bonchev–Trinajstić information content (AvgIpc) is 3.51. The molecule has 0 unspecified atom stereocenters. The number of hydrogen-bond acceptors (Lipinski definition) is 9. The van der Waals surface area contributed by atoms with E-state index in [-0.39, 0.29) is 28.4 Å². The highest BCUT2D eigenvalue weighted by Crippen LogP contribution is 2.37. The number of terminal acetylenes is 2. The summed E-state index contributed by atoms with van der Waals surface area (Å²) in [5.74, 6) is 53.6. The standard InChI is InChI=1S/C22H27N5O2.C22H2.H3N5O2.12H2/c1-22(2,3)13-18(28)25-21-24-17-10-11-19(29-14-15-7-4-5-12-23-15)26-20(17)27(21)16-8-6-9-16;1-3-5-7-9-11-13-15-17-19-21-22-20-18-16-14-12-10-8-6-4-2;1-2-3-4-5(6)7;;;;;;;;;;;;/h4-5,7,10-12,16H,6,8-9,13-14H2,1-3H3,(H,24,25,28);1-2H;(H2,1,3)(H,2,4);12*1H. The van der Waals surface area contributed by atoms with Crippen LogP contribution >= 0.6 is 0 Å². The maximum absolute atomic E-state index is 12.5. The number of imidazole rings is 1. The molecule has 3 aromatic heterocycles. The van der Waals surface area contributed by atoms with Crippen molar-refractivity contribution < 1.29 is 31.7 Å². The van der Waals surface area contributed by atoms with Gasteiger partial charge in [0.15, 0.2) is 10.9 Å². The molecule has 1 saturated carbocycles. The van der Waals surface area contributed by atoms with Gasteiger partial charge in [-0.25, -0.2) is 4.98 Å². The highest BCUT2D eigenvalue weighted by molar-refractivity contribution is 5.91. The molecule has 0 spiro atoms. The molecule has 1 aliphatic carbocycles. The Labute approximate surface area is 355 Å². The van der Waals surface area contributed by atoms with E-state index < -0.39 is 5.03 Å². The number of anilines is 1. The Balaban J connectivity index is -0.0000000861. The van der Waals surface area contributed by atoms with Crippen molar-refractivity contribution in [3.05, 3.63) is 52.3 Å². The number of pyridine rings is 2. The van der Waals surface area contributed by atoms with Crippen molar-refractivity contribution in [2.45, 2.75) is 59.1 Å². The molecule has 0 bridgehead atoms. The molecule has 1 aliphatic rings. The van der Waals surface area contributed by atoms with Crippen molar-refractivity contribution in [1.29, 1.82) is 0 Å². The van der Waals surface area contributed by atoms with E-state index in [1.807, 2.05) is 51.1 Å². The first-order valence-corrected chi connectivity index (χ1v) is 16.7. The van der Waals surface area contributed by atoms with Crippen molar-refractivity contribution in [3.8, 4) is 137 Å². The maximum Gasteiger partial charge on any atom is 0.227 e. The van der Waals surface area contributed by atoms with Crippen LogP contribution in [0.25, 0.3) is 11.2 Å². The fourth-order valence-corrected chi connectivity index (χ4v) is 4.03. The molecule has 1 amide bonds. The minimum Gasteiger partial charge on any atom is -0.471 e. The first-order chi connectivity index (χ1) is 28.1. The first-order valence-electron chi connectivity index (χ1n) is 16.7. The van der Waals surface area contributed by atoms with Gasteiger partial charge in [-0.1, -0.05) is 26.8 Å². The molecule has 4 rings (SSSR count). The molecule has 0 saturated heterocycles. The van der Waals surface area contributed by atoms with Crippen LogP contribution in [0.2, 0.25) is 0 Å². The lowest BCUT2D eigenvalue weighted by atomic mass is 9.92. The number of nitrogens with two attached hydrogens (primary N) is 1. The summed E-state index contributed by atoms with van der Waals surface area (Å²) in [7, 11) is 0. The summed E-state index contributed by atoms with van der Waals surface area (Å²) >= 11 is 0. The normalized spacial score (nSPS) is 9.81. The van der Waals surface area contributed by atoms with Gasteiger partial charge >= 0.3 is 0 Å². The van der Waals surface area contributed by atoms with Gasteiger partial charge in [0.05, 0.1) is 15.9 Å². The monoisotopic (exact) mass is 788 g/mol. The van der Waals surface area contributed by atoms with Gasteiger partial charge in [0.25, 0.3) is 0 Å². The Morgan fingerprint density at radius 1 is 0.897 bits per heavy atom. The number of carbonyl (C=O) groups excluding carboxylic acids is 1. The van der Waals surface area contributed by atoms with E-state index >= 15 is 0 Å². The lowest BCUT2D eigenvalue weighted by Crippen LogP contribution is -2.24. The molecule has 1 fully saturated rings. The van der Waals surface area contributed by atoms with Crippen molar-refractivity contribution in [1.82, 2.24) is 25.1 Å². The summed E-state index contributed by atoms with van der Waals surface area (Å²) in [6.07, 6.45) is 15.3. The number of amides is 1. The number of nitro groups is 1. The molecular weight excluding hydrogens is 733 g/mol. The Hall–Kier alpha value is -9.20. The zero-order valence-corrected chi connectivity index (χ0v) is 31.6. The minimum atomic E-state index is -0.879. The third kappa shape index (κ3) is 19.6. The molecule has 3 heterocycles. The smallest absolute Gasteiger partial charge is 0.227 e. The predicted molar refractivity (Wildman–Crippen MR) is 244 cm³/mol. The number of nitrogens with one attached hydrogen (secondary N) is 2. The first kappa shape index (κ1) is 45.0. The summed E-state index contributed by atoms with van der Waals surface area (Å²) in [5.41, 5.74) is 3.62. The third-order valence-electron chi connectivity index (χ3n) is 6.38. The SMILES string of the molecule is C#CC#CC#CC#CC#CC#CC#CC#CC#CC#CC#C.CC(C)(C)CC(=O)Nc1nc2ccc(OCc3ccccn3)nc2n1C1CCC1.NN=NN[N+](=O)[O-].[HH].[HH].[HH].[HH].[HH].[HH].[HH].[HH].[HH].[HH].[HH].[HH]. The van der Waals surface area contributed by atoms with Gasteiger partial charge < -0.3 is 14.9 Å². The summed E-state index contributed by atoms with van der Waals surface area (Å²) in [5, 5.41) is 16.5. The van der Waals surface area contributed by atoms with Crippen molar-refractivity contribution >= 4 is 23.0 Å². The highest BCUT2D eigenvalue weighted by atomic mass is 16.7. The van der Waals surface area contributed by atoms with Crippen LogP contribution in [0, 0.1) is 147 Å². The molecule has 306 valence electrons. The lowest BCUT2D eigenvalue weighted by Gasteiger charge is -2.28. The van der Waals surface area contributed by atoms with Crippen molar-refractivity contribution in [2.24, 2.45) is 21.7 Å². The van der Waals surface area contributed by atoms with Crippen LogP contribution in [0.3, 0.4) is 0 Å². The molecule has 0 aromatic carbocycles. The summed E-state index contributed by atoms with van der Waals surface area (Å²) in [4.78, 5) is 35.4. The quantitative estimate of drug-likeness (QED) is 0.0730. The van der Waals surface area contributed by atoms with E-state index in [0.29, 0.717) is 30.9 Å². The zero-order valence-electron chi connectivity index (χ0n) is 31.6. The topological polar surface area (TPSA) is 188 Å². The van der Waals surface area contributed by atoms with Crippen LogP contribution in [0.1, 0.15) is 75.3 Å². The fourth-order valence-electron chi connectivity index (χ4n) is 4.03. The molecule has 14 nitrogen and oxygen atoms in total. The van der Waals surface area contributed by atoms with Crippen LogP contribution in [-0.4, -0.2) is 30.5 Å². The second-order valence-corrected chi connectivity index (χ2v) is 11.9. The second-order valence-electron chi connectivity index (χ2n) is 11.9. The molecular formula is C44H56N10O4. The van der Waals surface area contributed by atoms with E-state index in [1.54, 1.807) is 6.20 Å². The Bertz CT molecular complexity index is 2610. The van der Waals surface area contributed by atoms with Crippen LogP contribution < -0.4 is 21.4 Å². The van der Waals surface area contributed by atoms with Crippen molar-refractivity contribution in [2.75, 3.05) is 5.32 Å². The average molecular weight is 789 g/mol. The number of aromatic nitrogens is 4. The Morgan fingerprint density at radius 3 is 1.83 bits per heavy atom. The second kappa shape index (κ2) is 26.5. The number of rotatable bonds is 8. The summed E-state index contributed by atoms with van der Waals surface area (Å²) in [6, 6.07) is 9.74. The highest BCUT2D eigenvalue weighted by Gasteiger charge is 2.27. The van der Waals surface area contributed by atoms with E-state index in [2.05, 4.69) is 155 Å². The van der Waals surface area contributed by atoms with Gasteiger partial charge in [-0.05, 0) is 138 Å². The van der Waals surface area contributed by atoms with Gasteiger partial charge in [0.2, 0.25) is 17.7 Å². The number of nitrogens with zero attached hydrogens (tertiary/aromatic N) is 7. The van der Waals surface area contributed by atoms with Crippen LogP contribution in [0.4, 0.5) is 5.95 Å². The van der Waals surface area contributed by atoms with E-state index in [4.69, 9.17) is 22.6 Å². The zero-order chi connectivity index (χ0) is 42.3.